The Morgan fingerprint density at radius 3 is 2.52 bits per heavy atom. The average molecular weight is 337 g/mol. The Morgan fingerprint density at radius 1 is 1.16 bits per heavy atom. The van der Waals surface area contributed by atoms with E-state index < -0.39 is 11.9 Å². The molecule has 0 saturated carbocycles. The van der Waals surface area contributed by atoms with E-state index in [2.05, 4.69) is 5.10 Å². The van der Waals surface area contributed by atoms with Gasteiger partial charge in [0.25, 0.3) is 0 Å². The van der Waals surface area contributed by atoms with Crippen LogP contribution in [0.5, 0.6) is 5.75 Å². The number of amidine groups is 1. The molecule has 128 valence electrons. The van der Waals surface area contributed by atoms with E-state index in [4.69, 9.17) is 15.2 Å². The van der Waals surface area contributed by atoms with Crippen molar-refractivity contribution in [3.05, 3.63) is 72.4 Å². The van der Waals surface area contributed by atoms with Crippen molar-refractivity contribution in [2.45, 2.75) is 6.61 Å². The highest BCUT2D eigenvalue weighted by atomic mass is 16.5. The fourth-order valence-electron chi connectivity index (χ4n) is 2.38. The number of ether oxygens (including phenoxy) is 2. The van der Waals surface area contributed by atoms with Crippen LogP contribution in [0.25, 0.3) is 0 Å². The van der Waals surface area contributed by atoms with E-state index in [1.54, 1.807) is 24.4 Å². The number of anilines is 1. The molecule has 0 aliphatic carbocycles. The molecule has 2 N–H and O–H groups in total. The second kappa shape index (κ2) is 7.53. The first kappa shape index (κ1) is 16.6. The molecule has 1 atom stereocenters. The van der Waals surface area contributed by atoms with Gasteiger partial charge >= 0.3 is 5.97 Å². The fourth-order valence-corrected chi connectivity index (χ4v) is 2.38. The number of hydrogen-bond acceptors (Lipinski definition) is 6. The van der Waals surface area contributed by atoms with Gasteiger partial charge in [0.05, 0.1) is 12.8 Å². The van der Waals surface area contributed by atoms with Crippen molar-refractivity contribution < 1.29 is 14.3 Å². The largest absolute Gasteiger partial charge is 0.497 e. The van der Waals surface area contributed by atoms with Gasteiger partial charge in [0.2, 0.25) is 0 Å². The molecule has 2 aromatic rings. The maximum atomic E-state index is 12.3. The molecule has 0 radical (unpaired) electrons. The Morgan fingerprint density at radius 2 is 1.88 bits per heavy atom. The Hall–Kier alpha value is -3.28. The zero-order valence-electron chi connectivity index (χ0n) is 13.8. The van der Waals surface area contributed by atoms with Crippen molar-refractivity contribution in [2.24, 2.45) is 16.8 Å². The molecule has 1 unspecified atom stereocenters. The van der Waals surface area contributed by atoms with E-state index in [9.17, 15) is 4.79 Å². The molecular formula is C19H19N3O3. The SMILES string of the molecule is COc1ccc(COC(=O)C2C=CN(c3ccccc3)N=C2N)cc1. The van der Waals surface area contributed by atoms with Crippen LogP contribution in [0.15, 0.2) is 72.0 Å². The highest BCUT2D eigenvalue weighted by molar-refractivity contribution is 6.03. The first-order valence-corrected chi connectivity index (χ1v) is 7.83. The molecule has 1 heterocycles. The van der Waals surface area contributed by atoms with Gasteiger partial charge in [0.1, 0.15) is 24.1 Å². The zero-order chi connectivity index (χ0) is 17.6. The fraction of sp³-hybridized carbons (Fsp3) is 0.158. The number of carbonyl (C=O) groups excluding carboxylic acids is 1. The smallest absolute Gasteiger partial charge is 0.320 e. The molecule has 1 aliphatic heterocycles. The van der Waals surface area contributed by atoms with Crippen LogP contribution in [0.3, 0.4) is 0 Å². The van der Waals surface area contributed by atoms with Gasteiger partial charge in [-0.25, -0.2) is 5.01 Å². The summed E-state index contributed by atoms with van der Waals surface area (Å²) in [5.74, 6) is -0.159. The van der Waals surface area contributed by atoms with Crippen LogP contribution in [0.1, 0.15) is 5.56 Å². The van der Waals surface area contributed by atoms with Crippen molar-refractivity contribution in [3.8, 4) is 5.75 Å². The number of hydrogen-bond donors (Lipinski definition) is 1. The van der Waals surface area contributed by atoms with E-state index in [0.29, 0.717) is 0 Å². The topological polar surface area (TPSA) is 77.2 Å². The zero-order valence-corrected chi connectivity index (χ0v) is 13.8. The molecule has 0 saturated heterocycles. The minimum absolute atomic E-state index is 0.169. The lowest BCUT2D eigenvalue weighted by atomic mass is 10.1. The highest BCUT2D eigenvalue weighted by Gasteiger charge is 2.25. The first-order valence-electron chi connectivity index (χ1n) is 7.83. The van der Waals surface area contributed by atoms with Gasteiger partial charge in [0.15, 0.2) is 0 Å². The number of nitrogens with zero attached hydrogens (tertiary/aromatic N) is 2. The Labute approximate surface area is 146 Å². The van der Waals surface area contributed by atoms with Gasteiger partial charge in [-0.2, -0.15) is 5.10 Å². The maximum Gasteiger partial charge on any atom is 0.320 e. The molecule has 6 heteroatoms. The number of rotatable bonds is 5. The lowest BCUT2D eigenvalue weighted by molar-refractivity contribution is -0.146. The molecule has 2 aromatic carbocycles. The Bertz CT molecular complexity index is 785. The second-order valence-corrected chi connectivity index (χ2v) is 5.48. The number of esters is 1. The van der Waals surface area contributed by atoms with Crippen LogP contribution in [-0.4, -0.2) is 18.9 Å². The highest BCUT2D eigenvalue weighted by Crippen LogP contribution is 2.20. The second-order valence-electron chi connectivity index (χ2n) is 5.48. The van der Waals surface area contributed by atoms with E-state index in [1.165, 1.54) is 0 Å². The third-order valence-electron chi connectivity index (χ3n) is 3.78. The summed E-state index contributed by atoms with van der Waals surface area (Å²) in [6.45, 7) is 0.169. The lowest BCUT2D eigenvalue weighted by Crippen LogP contribution is -2.35. The standard InChI is InChI=1S/C19H19N3O3/c1-24-16-9-7-14(8-10-16)13-25-19(23)17-11-12-22(21-18(17)20)15-5-3-2-4-6-15/h2-12,17H,13H2,1H3,(H2,20,21). The molecule has 0 amide bonds. The number of benzene rings is 2. The predicted octanol–water partition coefficient (Wildman–Crippen LogP) is 2.66. The van der Waals surface area contributed by atoms with Crippen LogP contribution >= 0.6 is 0 Å². The van der Waals surface area contributed by atoms with E-state index in [1.807, 2.05) is 54.6 Å². The number of para-hydroxylation sites is 1. The average Bonchev–Trinajstić information content (AvgIpc) is 2.67. The maximum absolute atomic E-state index is 12.3. The molecule has 25 heavy (non-hydrogen) atoms. The van der Waals surface area contributed by atoms with Crippen molar-refractivity contribution in [1.29, 1.82) is 0 Å². The van der Waals surface area contributed by atoms with Gasteiger partial charge in [-0.15, -0.1) is 0 Å². The number of hydrazone groups is 1. The summed E-state index contributed by atoms with van der Waals surface area (Å²) in [4.78, 5) is 12.3. The van der Waals surface area contributed by atoms with Gasteiger partial charge in [-0.3, -0.25) is 4.79 Å². The van der Waals surface area contributed by atoms with E-state index in [0.717, 1.165) is 17.0 Å². The van der Waals surface area contributed by atoms with Crippen LogP contribution in [0.4, 0.5) is 5.69 Å². The predicted molar refractivity (Wildman–Crippen MR) is 96.0 cm³/mol. The van der Waals surface area contributed by atoms with Gasteiger partial charge in [-0.1, -0.05) is 30.3 Å². The molecule has 0 bridgehead atoms. The summed E-state index contributed by atoms with van der Waals surface area (Å²) in [5, 5.41) is 5.88. The summed E-state index contributed by atoms with van der Waals surface area (Å²) in [6.07, 6.45) is 3.40. The van der Waals surface area contributed by atoms with E-state index >= 15 is 0 Å². The monoisotopic (exact) mass is 337 g/mol. The van der Waals surface area contributed by atoms with Crippen LogP contribution in [-0.2, 0) is 16.1 Å². The third kappa shape index (κ3) is 3.98. The van der Waals surface area contributed by atoms with Crippen molar-refractivity contribution in [1.82, 2.24) is 0 Å². The van der Waals surface area contributed by atoms with Gasteiger partial charge < -0.3 is 15.2 Å². The van der Waals surface area contributed by atoms with Crippen molar-refractivity contribution >= 4 is 17.5 Å². The van der Waals surface area contributed by atoms with Crippen LogP contribution in [0, 0.1) is 5.92 Å². The number of carbonyl (C=O) groups is 1. The lowest BCUT2D eigenvalue weighted by Gasteiger charge is -2.22. The van der Waals surface area contributed by atoms with Crippen molar-refractivity contribution in [2.75, 3.05) is 12.1 Å². The molecule has 6 nitrogen and oxygen atoms in total. The Kier molecular flexibility index (Phi) is 4.99. The normalized spacial score (nSPS) is 16.3. The molecule has 1 aliphatic rings. The van der Waals surface area contributed by atoms with Gasteiger partial charge in [0, 0.05) is 6.20 Å². The minimum Gasteiger partial charge on any atom is -0.497 e. The summed E-state index contributed by atoms with van der Waals surface area (Å²) < 4.78 is 10.4. The summed E-state index contributed by atoms with van der Waals surface area (Å²) in [7, 11) is 1.60. The molecular weight excluding hydrogens is 318 g/mol. The summed E-state index contributed by atoms with van der Waals surface area (Å²) >= 11 is 0. The van der Waals surface area contributed by atoms with Crippen molar-refractivity contribution in [3.63, 3.8) is 0 Å². The minimum atomic E-state index is -0.682. The van der Waals surface area contributed by atoms with Crippen LogP contribution < -0.4 is 15.5 Å². The Balaban J connectivity index is 1.60. The summed E-state index contributed by atoms with van der Waals surface area (Å²) in [5.41, 5.74) is 7.69. The molecule has 0 aromatic heterocycles. The number of methoxy groups -OCH3 is 1. The first-order chi connectivity index (χ1) is 12.2. The third-order valence-corrected chi connectivity index (χ3v) is 3.78. The van der Waals surface area contributed by atoms with Gasteiger partial charge in [-0.05, 0) is 35.9 Å². The van der Waals surface area contributed by atoms with Crippen LogP contribution in [0.2, 0.25) is 0 Å². The molecule has 0 spiro atoms. The van der Waals surface area contributed by atoms with E-state index in [-0.39, 0.29) is 12.4 Å². The quantitative estimate of drug-likeness (QED) is 0.849. The molecule has 0 fully saturated rings. The number of nitrogens with two attached hydrogens (primary N) is 1. The molecule has 3 rings (SSSR count). The summed E-state index contributed by atoms with van der Waals surface area (Å²) in [6, 6.07) is 16.9.